The monoisotopic (exact) mass is 492 g/mol. The van der Waals surface area contributed by atoms with Crippen LogP contribution in [0.4, 0.5) is 0 Å². The number of hydrogen-bond donors (Lipinski definition) is 1. The van der Waals surface area contributed by atoms with Crippen molar-refractivity contribution in [3.63, 3.8) is 0 Å². The van der Waals surface area contributed by atoms with Gasteiger partial charge >= 0.3 is 5.97 Å². The van der Waals surface area contributed by atoms with Gasteiger partial charge in [-0.25, -0.2) is 0 Å². The molecular formula is C32H48N2O2. The highest BCUT2D eigenvalue weighted by Crippen LogP contribution is 2.75. The second kappa shape index (κ2) is 7.29. The van der Waals surface area contributed by atoms with Crippen molar-refractivity contribution in [2.75, 3.05) is 7.11 Å². The number of fused-ring (bicyclic) bond motifs is 8. The van der Waals surface area contributed by atoms with E-state index < -0.39 is 0 Å². The molecule has 3 saturated carbocycles. The van der Waals surface area contributed by atoms with Crippen molar-refractivity contribution in [1.82, 2.24) is 10.2 Å². The Morgan fingerprint density at radius 3 is 2.44 bits per heavy atom. The average Bonchev–Trinajstić information content (AvgIpc) is 3.27. The van der Waals surface area contributed by atoms with Gasteiger partial charge in [-0.05, 0) is 103 Å². The SMILES string of the molecule is COC(=O)[C@]12CCC(C)(C)C[C@H]1C1=CC[C@@H]3[C@@]4(C)Cc5cn[nH]c5C(C)(C)[C@H]4CC[C@@]3(C)[C@]1(C)CC2. The third kappa shape index (κ3) is 2.83. The van der Waals surface area contributed by atoms with Gasteiger partial charge in [0.2, 0.25) is 0 Å². The first-order valence-corrected chi connectivity index (χ1v) is 14.6. The van der Waals surface area contributed by atoms with Crippen LogP contribution in [0, 0.1) is 44.8 Å². The van der Waals surface area contributed by atoms with Gasteiger partial charge in [0.05, 0.1) is 18.7 Å². The summed E-state index contributed by atoms with van der Waals surface area (Å²) in [6, 6.07) is 0. The van der Waals surface area contributed by atoms with Crippen LogP contribution >= 0.6 is 0 Å². The average molecular weight is 493 g/mol. The number of methoxy groups -OCH3 is 1. The molecular weight excluding hydrogens is 444 g/mol. The van der Waals surface area contributed by atoms with Crippen LogP contribution < -0.4 is 0 Å². The minimum atomic E-state index is -0.321. The van der Waals surface area contributed by atoms with Crippen LogP contribution in [0.2, 0.25) is 0 Å². The minimum Gasteiger partial charge on any atom is -0.469 e. The van der Waals surface area contributed by atoms with Gasteiger partial charge in [-0.2, -0.15) is 5.10 Å². The van der Waals surface area contributed by atoms with E-state index in [0.717, 1.165) is 44.9 Å². The number of ether oxygens (including phenoxy) is 1. The van der Waals surface area contributed by atoms with Crippen LogP contribution in [-0.2, 0) is 21.4 Å². The Labute approximate surface area is 218 Å². The maximum Gasteiger partial charge on any atom is 0.312 e. The third-order valence-corrected chi connectivity index (χ3v) is 13.3. The van der Waals surface area contributed by atoms with Crippen LogP contribution in [0.5, 0.6) is 0 Å². The molecule has 0 spiro atoms. The summed E-state index contributed by atoms with van der Waals surface area (Å²) in [6.07, 6.45) is 14.9. The minimum absolute atomic E-state index is 0.0513. The molecule has 1 aromatic rings. The fourth-order valence-corrected chi connectivity index (χ4v) is 11.2. The number of nitrogens with one attached hydrogen (secondary N) is 1. The lowest BCUT2D eigenvalue weighted by Crippen LogP contribution is -2.64. The zero-order valence-electron chi connectivity index (χ0n) is 24.0. The molecule has 6 rings (SSSR count). The maximum absolute atomic E-state index is 13.4. The molecule has 5 aliphatic carbocycles. The highest BCUT2D eigenvalue weighted by molar-refractivity contribution is 5.78. The Kier molecular flexibility index (Phi) is 5.01. The molecule has 0 radical (unpaired) electrons. The zero-order chi connectivity index (χ0) is 25.9. The molecule has 1 heterocycles. The topological polar surface area (TPSA) is 55.0 Å². The molecule has 0 saturated heterocycles. The molecule has 5 aliphatic rings. The van der Waals surface area contributed by atoms with Crippen LogP contribution in [0.3, 0.4) is 0 Å². The molecule has 1 aromatic heterocycles. The number of H-pyrrole nitrogens is 1. The quantitative estimate of drug-likeness (QED) is 0.328. The van der Waals surface area contributed by atoms with Gasteiger partial charge in [-0.3, -0.25) is 9.89 Å². The number of aromatic amines is 1. The molecule has 7 atom stereocenters. The summed E-state index contributed by atoms with van der Waals surface area (Å²) >= 11 is 0. The first kappa shape index (κ1) is 24.7. The number of rotatable bonds is 1. The van der Waals surface area contributed by atoms with E-state index in [2.05, 4.69) is 70.9 Å². The van der Waals surface area contributed by atoms with E-state index in [9.17, 15) is 4.79 Å². The fourth-order valence-electron chi connectivity index (χ4n) is 11.2. The van der Waals surface area contributed by atoms with Crippen molar-refractivity contribution >= 4 is 5.97 Å². The summed E-state index contributed by atoms with van der Waals surface area (Å²) in [5.74, 6) is 1.66. The molecule has 0 aromatic carbocycles. The van der Waals surface area contributed by atoms with E-state index in [1.54, 1.807) is 12.7 Å². The number of carbonyl (C=O) groups excluding carboxylic acids is 1. The summed E-state index contributed by atoms with van der Waals surface area (Å²) in [5.41, 5.74) is 5.12. The summed E-state index contributed by atoms with van der Waals surface area (Å²) in [6.45, 7) is 17.6. The number of esters is 1. The van der Waals surface area contributed by atoms with Gasteiger partial charge in [0.1, 0.15) is 0 Å². The smallest absolute Gasteiger partial charge is 0.312 e. The van der Waals surface area contributed by atoms with Gasteiger partial charge in [-0.1, -0.05) is 60.1 Å². The number of aromatic nitrogens is 2. The zero-order valence-corrected chi connectivity index (χ0v) is 24.0. The second-order valence-corrected chi connectivity index (χ2v) is 15.5. The Morgan fingerprint density at radius 1 is 1.00 bits per heavy atom. The normalized spacial score (nSPS) is 46.2. The molecule has 3 fully saturated rings. The Balaban J connectivity index is 1.46. The van der Waals surface area contributed by atoms with Gasteiger partial charge in [0, 0.05) is 11.1 Å². The first-order valence-electron chi connectivity index (χ1n) is 14.6. The highest BCUT2D eigenvalue weighted by Gasteiger charge is 2.69. The van der Waals surface area contributed by atoms with E-state index in [0.29, 0.717) is 17.8 Å². The second-order valence-electron chi connectivity index (χ2n) is 15.5. The van der Waals surface area contributed by atoms with E-state index >= 15 is 0 Å². The first-order chi connectivity index (χ1) is 16.8. The molecule has 4 nitrogen and oxygen atoms in total. The Hall–Kier alpha value is -1.58. The molecule has 4 heteroatoms. The van der Waals surface area contributed by atoms with Crippen molar-refractivity contribution in [2.24, 2.45) is 44.8 Å². The molecule has 0 amide bonds. The summed E-state index contributed by atoms with van der Waals surface area (Å²) in [4.78, 5) is 13.4. The van der Waals surface area contributed by atoms with Gasteiger partial charge < -0.3 is 4.74 Å². The standard InChI is InChI=1S/C32H48N2O2/c1-27(2)13-15-32(26(35)36-8)16-14-30(6)21(22(32)18-27)9-10-24-29(5)17-20-19-33-34-25(20)28(3,4)23(29)11-12-31(24,30)7/h9,19,22-24H,10-18H2,1-8H3,(H,33,34)/t22-,23+,24+,29-,30+,31+,32-/m0/s1. The Bertz CT molecular complexity index is 1130. The molecule has 0 unspecified atom stereocenters. The van der Waals surface area contributed by atoms with Crippen molar-refractivity contribution in [1.29, 1.82) is 0 Å². The highest BCUT2D eigenvalue weighted by atomic mass is 16.5. The predicted octanol–water partition coefficient (Wildman–Crippen LogP) is 7.40. The lowest BCUT2D eigenvalue weighted by Gasteiger charge is -2.70. The van der Waals surface area contributed by atoms with Crippen LogP contribution in [-0.4, -0.2) is 23.3 Å². The van der Waals surface area contributed by atoms with E-state index in [1.165, 1.54) is 24.1 Å². The largest absolute Gasteiger partial charge is 0.469 e. The fraction of sp³-hybridized carbons (Fsp3) is 0.812. The van der Waals surface area contributed by atoms with Crippen molar-refractivity contribution in [3.05, 3.63) is 29.1 Å². The number of hydrogen-bond acceptors (Lipinski definition) is 3. The lowest BCUT2D eigenvalue weighted by atomic mass is 9.33. The molecule has 1 N–H and O–H groups in total. The molecule has 0 bridgehead atoms. The predicted molar refractivity (Wildman–Crippen MR) is 143 cm³/mol. The lowest BCUT2D eigenvalue weighted by molar-refractivity contribution is -0.179. The molecule has 36 heavy (non-hydrogen) atoms. The third-order valence-electron chi connectivity index (χ3n) is 13.3. The number of carbonyl (C=O) groups is 1. The Morgan fingerprint density at radius 2 is 1.72 bits per heavy atom. The maximum atomic E-state index is 13.4. The van der Waals surface area contributed by atoms with Crippen molar-refractivity contribution < 1.29 is 9.53 Å². The molecule has 198 valence electrons. The van der Waals surface area contributed by atoms with E-state index in [1.807, 2.05) is 0 Å². The molecule has 0 aliphatic heterocycles. The van der Waals surface area contributed by atoms with Crippen LogP contribution in [0.1, 0.15) is 111 Å². The van der Waals surface area contributed by atoms with Gasteiger partial charge in [0.25, 0.3) is 0 Å². The van der Waals surface area contributed by atoms with Gasteiger partial charge in [0.15, 0.2) is 0 Å². The van der Waals surface area contributed by atoms with Crippen molar-refractivity contribution in [3.8, 4) is 0 Å². The van der Waals surface area contributed by atoms with E-state index in [-0.39, 0.29) is 38.5 Å². The number of allylic oxidation sites excluding steroid dienone is 2. The summed E-state index contributed by atoms with van der Waals surface area (Å²) in [5, 5.41) is 7.88. The number of nitrogens with zero attached hydrogens (tertiary/aromatic N) is 1. The van der Waals surface area contributed by atoms with Crippen LogP contribution in [0.25, 0.3) is 0 Å². The van der Waals surface area contributed by atoms with Gasteiger partial charge in [-0.15, -0.1) is 0 Å². The summed E-state index contributed by atoms with van der Waals surface area (Å²) < 4.78 is 5.52. The van der Waals surface area contributed by atoms with Crippen molar-refractivity contribution in [2.45, 2.75) is 112 Å². The summed E-state index contributed by atoms with van der Waals surface area (Å²) in [7, 11) is 1.60. The van der Waals surface area contributed by atoms with E-state index in [4.69, 9.17) is 4.74 Å². The van der Waals surface area contributed by atoms with Crippen LogP contribution in [0.15, 0.2) is 17.8 Å².